The van der Waals surface area contributed by atoms with Crippen LogP contribution in [0.1, 0.15) is 24.1 Å². The normalized spacial score (nSPS) is 17.0. The number of rotatable bonds is 5. The zero-order valence-electron chi connectivity index (χ0n) is 17.5. The first-order valence-corrected chi connectivity index (χ1v) is 10.4. The van der Waals surface area contributed by atoms with Crippen molar-refractivity contribution in [2.75, 3.05) is 11.4 Å². The van der Waals surface area contributed by atoms with Gasteiger partial charge in [0.25, 0.3) is 0 Å². The molecule has 0 aliphatic carbocycles. The van der Waals surface area contributed by atoms with Crippen LogP contribution >= 0.6 is 0 Å². The van der Waals surface area contributed by atoms with Gasteiger partial charge in [0.15, 0.2) is 17.4 Å². The lowest BCUT2D eigenvalue weighted by molar-refractivity contribution is -0.141. The average Bonchev–Trinajstić information content (AvgIpc) is 3.37. The van der Waals surface area contributed by atoms with Crippen LogP contribution in [0.4, 0.5) is 27.8 Å². The Labute approximate surface area is 189 Å². The SMILES string of the molecule is O=c1nc(OCc2cc(F)c(Oc3ccnc(C(F)(F)F)c3)c(F)c2)cc2n1C[C@H]1CCCN21. The van der Waals surface area contributed by atoms with Gasteiger partial charge in [0, 0.05) is 37.5 Å². The summed E-state index contributed by atoms with van der Waals surface area (Å²) in [5, 5.41) is 0. The van der Waals surface area contributed by atoms with Gasteiger partial charge in [-0.1, -0.05) is 0 Å². The van der Waals surface area contributed by atoms with Gasteiger partial charge in [-0.2, -0.15) is 18.2 Å². The summed E-state index contributed by atoms with van der Waals surface area (Å²) in [4.78, 5) is 21.5. The topological polar surface area (TPSA) is 69.5 Å². The first-order valence-electron chi connectivity index (χ1n) is 10.4. The van der Waals surface area contributed by atoms with Crippen LogP contribution in [-0.2, 0) is 19.3 Å². The summed E-state index contributed by atoms with van der Waals surface area (Å²) in [6.45, 7) is 1.11. The maximum atomic E-state index is 14.5. The molecule has 0 saturated carbocycles. The Kier molecular flexibility index (Phi) is 5.37. The highest BCUT2D eigenvalue weighted by molar-refractivity contribution is 5.48. The summed E-state index contributed by atoms with van der Waals surface area (Å²) in [6.07, 6.45) is -1.89. The molecule has 1 aromatic carbocycles. The lowest BCUT2D eigenvalue weighted by atomic mass is 10.2. The fraction of sp³-hybridized carbons (Fsp3) is 0.318. The predicted molar refractivity (Wildman–Crippen MR) is 109 cm³/mol. The molecule has 1 saturated heterocycles. The molecule has 1 fully saturated rings. The minimum Gasteiger partial charge on any atom is -0.473 e. The lowest BCUT2D eigenvalue weighted by Gasteiger charge is -2.17. The second kappa shape index (κ2) is 8.26. The smallest absolute Gasteiger partial charge is 0.433 e. The summed E-state index contributed by atoms with van der Waals surface area (Å²) in [5.74, 6) is -2.82. The Morgan fingerprint density at radius 3 is 2.62 bits per heavy atom. The van der Waals surface area contributed by atoms with Crippen LogP contribution in [0.5, 0.6) is 17.4 Å². The van der Waals surface area contributed by atoms with Gasteiger partial charge in [-0.15, -0.1) is 0 Å². The number of hydrogen-bond acceptors (Lipinski definition) is 6. The average molecular weight is 480 g/mol. The molecule has 34 heavy (non-hydrogen) atoms. The first-order chi connectivity index (χ1) is 16.2. The number of nitrogens with zero attached hydrogens (tertiary/aromatic N) is 4. The van der Waals surface area contributed by atoms with E-state index in [-0.39, 0.29) is 24.1 Å². The Morgan fingerprint density at radius 1 is 1.12 bits per heavy atom. The van der Waals surface area contributed by atoms with Crippen LogP contribution in [0.3, 0.4) is 0 Å². The third-order valence-corrected chi connectivity index (χ3v) is 5.72. The van der Waals surface area contributed by atoms with Crippen molar-refractivity contribution in [3.8, 4) is 17.4 Å². The molecule has 5 rings (SSSR count). The fourth-order valence-electron chi connectivity index (χ4n) is 4.19. The van der Waals surface area contributed by atoms with E-state index in [0.717, 1.165) is 43.8 Å². The summed E-state index contributed by atoms with van der Waals surface area (Å²) in [5.41, 5.74) is -1.64. The van der Waals surface area contributed by atoms with Crippen LogP contribution in [0.25, 0.3) is 0 Å². The molecule has 0 radical (unpaired) electrons. The lowest BCUT2D eigenvalue weighted by Crippen LogP contribution is -2.24. The Bertz CT molecular complexity index is 1290. The van der Waals surface area contributed by atoms with Crippen molar-refractivity contribution in [1.29, 1.82) is 0 Å². The molecule has 0 bridgehead atoms. The highest BCUT2D eigenvalue weighted by Gasteiger charge is 2.35. The Hall–Kier alpha value is -3.70. The van der Waals surface area contributed by atoms with Crippen molar-refractivity contribution in [3.63, 3.8) is 0 Å². The molecule has 0 unspecified atom stereocenters. The van der Waals surface area contributed by atoms with E-state index < -0.39 is 40.7 Å². The number of alkyl halides is 3. The molecule has 7 nitrogen and oxygen atoms in total. The van der Waals surface area contributed by atoms with E-state index in [1.54, 1.807) is 10.6 Å². The van der Waals surface area contributed by atoms with Crippen molar-refractivity contribution < 1.29 is 31.4 Å². The van der Waals surface area contributed by atoms with Crippen molar-refractivity contribution >= 4 is 5.82 Å². The zero-order valence-corrected chi connectivity index (χ0v) is 17.5. The van der Waals surface area contributed by atoms with E-state index in [4.69, 9.17) is 9.47 Å². The zero-order chi connectivity index (χ0) is 24.0. The molecule has 178 valence electrons. The summed E-state index contributed by atoms with van der Waals surface area (Å²) < 4.78 is 79.5. The van der Waals surface area contributed by atoms with Crippen molar-refractivity contribution in [2.45, 2.75) is 38.2 Å². The largest absolute Gasteiger partial charge is 0.473 e. The summed E-state index contributed by atoms with van der Waals surface area (Å²) in [7, 11) is 0. The quantitative estimate of drug-likeness (QED) is 0.508. The van der Waals surface area contributed by atoms with Crippen molar-refractivity contribution in [1.82, 2.24) is 14.5 Å². The summed E-state index contributed by atoms with van der Waals surface area (Å²) in [6, 6.07) is 5.33. The fourth-order valence-corrected chi connectivity index (χ4v) is 4.19. The second-order valence-electron chi connectivity index (χ2n) is 7.99. The molecule has 12 heteroatoms. The third-order valence-electron chi connectivity index (χ3n) is 5.72. The number of halogens is 5. The highest BCUT2D eigenvalue weighted by atomic mass is 19.4. The predicted octanol–water partition coefficient (Wildman–Crippen LogP) is 4.29. The van der Waals surface area contributed by atoms with E-state index in [0.29, 0.717) is 18.4 Å². The number of benzene rings is 1. The van der Waals surface area contributed by atoms with E-state index in [9.17, 15) is 26.7 Å². The molecule has 1 atom stereocenters. The van der Waals surface area contributed by atoms with Crippen molar-refractivity contribution in [2.24, 2.45) is 0 Å². The van der Waals surface area contributed by atoms with Gasteiger partial charge in [0.05, 0.1) is 0 Å². The third kappa shape index (κ3) is 4.15. The summed E-state index contributed by atoms with van der Waals surface area (Å²) >= 11 is 0. The monoisotopic (exact) mass is 480 g/mol. The molecule has 4 heterocycles. The van der Waals surface area contributed by atoms with E-state index >= 15 is 0 Å². The molecule has 0 spiro atoms. The Balaban J connectivity index is 1.32. The van der Waals surface area contributed by atoms with Gasteiger partial charge in [0.1, 0.15) is 23.9 Å². The molecule has 2 aliphatic rings. The van der Waals surface area contributed by atoms with E-state index in [2.05, 4.69) is 14.9 Å². The van der Waals surface area contributed by atoms with Gasteiger partial charge in [-0.3, -0.25) is 9.55 Å². The number of hydrogen-bond donors (Lipinski definition) is 0. The molecule has 0 amide bonds. The van der Waals surface area contributed by atoms with Crippen LogP contribution in [0, 0.1) is 11.6 Å². The number of fused-ring (bicyclic) bond motifs is 3. The van der Waals surface area contributed by atoms with Crippen LogP contribution < -0.4 is 20.1 Å². The number of anilines is 1. The molecule has 0 N–H and O–H groups in total. The molecular weight excluding hydrogens is 463 g/mol. The Morgan fingerprint density at radius 2 is 1.88 bits per heavy atom. The molecule has 2 aromatic heterocycles. The molecular formula is C22H17F5N4O3. The minimum atomic E-state index is -4.73. The number of ether oxygens (including phenoxy) is 2. The number of pyridine rings is 1. The van der Waals surface area contributed by atoms with Gasteiger partial charge in [0.2, 0.25) is 5.88 Å². The first kappa shape index (κ1) is 22.1. The maximum Gasteiger partial charge on any atom is 0.433 e. The van der Waals surface area contributed by atoms with Gasteiger partial charge in [-0.25, -0.2) is 13.6 Å². The van der Waals surface area contributed by atoms with E-state index in [1.807, 2.05) is 0 Å². The highest BCUT2D eigenvalue weighted by Crippen LogP contribution is 2.34. The molecule has 2 aliphatic heterocycles. The standard InChI is InChI=1S/C22H17F5N4O3/c23-15-6-12(7-16(24)20(15)34-14-3-4-28-17(8-14)22(25,26)27)11-33-18-9-19-30-5-1-2-13(30)10-31(19)21(32)29-18/h3-4,6-9,13H,1-2,5,10-11H2/t13-/m1/s1. The van der Waals surface area contributed by atoms with Crippen LogP contribution in [-0.4, -0.2) is 27.1 Å². The van der Waals surface area contributed by atoms with E-state index in [1.165, 1.54) is 0 Å². The van der Waals surface area contributed by atoms with Crippen LogP contribution in [0.2, 0.25) is 0 Å². The number of aromatic nitrogens is 3. The van der Waals surface area contributed by atoms with Gasteiger partial charge in [-0.05, 0) is 36.6 Å². The second-order valence-corrected chi connectivity index (χ2v) is 7.99. The minimum absolute atomic E-state index is 0.0291. The van der Waals surface area contributed by atoms with Crippen LogP contribution in [0.15, 0.2) is 41.3 Å². The van der Waals surface area contributed by atoms with Crippen molar-refractivity contribution in [3.05, 3.63) is 69.9 Å². The molecule has 3 aromatic rings. The van der Waals surface area contributed by atoms with Gasteiger partial charge < -0.3 is 14.4 Å². The maximum absolute atomic E-state index is 14.5. The van der Waals surface area contributed by atoms with Gasteiger partial charge >= 0.3 is 11.9 Å².